The number of rotatable bonds is 1. The van der Waals surface area contributed by atoms with Gasteiger partial charge in [0.2, 0.25) is 0 Å². The van der Waals surface area contributed by atoms with Crippen molar-refractivity contribution in [2.75, 3.05) is 0 Å². The van der Waals surface area contributed by atoms with Crippen LogP contribution in [0.4, 0.5) is 0 Å². The fourth-order valence-corrected chi connectivity index (χ4v) is 4.06. The first-order valence-electron chi connectivity index (χ1n) is 5.00. The zero-order valence-electron chi connectivity index (χ0n) is 8.85. The largest absolute Gasteiger partial charge is 0.390 e. The summed E-state index contributed by atoms with van der Waals surface area (Å²) in [6, 6.07) is 0. The van der Waals surface area contributed by atoms with Crippen LogP contribution >= 0.6 is 0 Å². The third kappa shape index (κ3) is 0.762. The predicted molar refractivity (Wildman–Crippen MR) is 50.2 cm³/mol. The molecule has 1 N–H and O–H groups in total. The van der Waals surface area contributed by atoms with E-state index < -0.39 is 5.60 Å². The van der Waals surface area contributed by atoms with Crippen molar-refractivity contribution in [1.29, 1.82) is 0 Å². The Hall–Kier alpha value is -0.370. The lowest BCUT2D eigenvalue weighted by molar-refractivity contribution is -0.123. The molecule has 1 unspecified atom stereocenters. The molecular weight excluding hydrogens is 164 g/mol. The molecule has 2 aliphatic carbocycles. The van der Waals surface area contributed by atoms with Crippen LogP contribution in [0.3, 0.4) is 0 Å². The zero-order chi connectivity index (χ0) is 10.1. The summed E-state index contributed by atoms with van der Waals surface area (Å²) in [7, 11) is 0. The van der Waals surface area contributed by atoms with Gasteiger partial charge in [-0.05, 0) is 32.1 Å². The van der Waals surface area contributed by atoms with E-state index in [4.69, 9.17) is 0 Å². The van der Waals surface area contributed by atoms with Crippen LogP contribution < -0.4 is 0 Å². The number of aliphatic hydroxyl groups is 1. The number of hydrogen-bond donors (Lipinski definition) is 1. The summed E-state index contributed by atoms with van der Waals surface area (Å²) in [5.74, 6) is 0.449. The monoisotopic (exact) mass is 182 g/mol. The molecule has 2 aliphatic rings. The Morgan fingerprint density at radius 3 is 2.08 bits per heavy atom. The smallest absolute Gasteiger partial charge is 0.136 e. The topological polar surface area (TPSA) is 37.3 Å². The number of Topliss-reactive ketones (excluding diaryl/α,β-unsaturated/α-hetero) is 1. The summed E-state index contributed by atoms with van der Waals surface area (Å²) < 4.78 is 0. The standard InChI is InChI=1S/C11H18O2/c1-7(12)11-6-5-10(4,13)8(11)9(11,2)3/h8,13H,5-6H2,1-4H3/t8?,10-,11-/m1/s1. The first-order valence-corrected chi connectivity index (χ1v) is 5.00. The van der Waals surface area contributed by atoms with E-state index in [1.807, 2.05) is 6.92 Å². The fourth-order valence-electron chi connectivity index (χ4n) is 4.06. The Morgan fingerprint density at radius 1 is 1.31 bits per heavy atom. The van der Waals surface area contributed by atoms with E-state index in [0.29, 0.717) is 0 Å². The molecule has 0 heterocycles. The molecular formula is C11H18O2. The Labute approximate surface area is 79.3 Å². The van der Waals surface area contributed by atoms with E-state index in [2.05, 4.69) is 13.8 Å². The molecule has 13 heavy (non-hydrogen) atoms. The summed E-state index contributed by atoms with van der Waals surface area (Å²) >= 11 is 0. The molecule has 0 aromatic rings. The molecule has 0 bridgehead atoms. The minimum absolute atomic E-state index is 0.0145. The molecule has 2 saturated carbocycles. The lowest BCUT2D eigenvalue weighted by atomic mass is 9.86. The Balaban J connectivity index is 2.41. The summed E-state index contributed by atoms with van der Waals surface area (Å²) in [5.41, 5.74) is -0.799. The molecule has 2 rings (SSSR count). The van der Waals surface area contributed by atoms with Crippen LogP contribution in [-0.2, 0) is 4.79 Å². The van der Waals surface area contributed by atoms with Crippen molar-refractivity contribution in [3.8, 4) is 0 Å². The van der Waals surface area contributed by atoms with Crippen molar-refractivity contribution >= 4 is 5.78 Å². The highest BCUT2D eigenvalue weighted by Crippen LogP contribution is 2.79. The van der Waals surface area contributed by atoms with Crippen molar-refractivity contribution in [1.82, 2.24) is 0 Å². The summed E-state index contributed by atoms with van der Waals surface area (Å²) in [6.07, 6.45) is 1.65. The van der Waals surface area contributed by atoms with E-state index >= 15 is 0 Å². The maximum absolute atomic E-state index is 11.6. The summed E-state index contributed by atoms with van der Waals surface area (Å²) in [4.78, 5) is 11.6. The van der Waals surface area contributed by atoms with Crippen LogP contribution in [0, 0.1) is 16.7 Å². The van der Waals surface area contributed by atoms with E-state index in [1.54, 1.807) is 6.92 Å². The molecule has 2 fully saturated rings. The van der Waals surface area contributed by atoms with E-state index in [0.717, 1.165) is 12.8 Å². The van der Waals surface area contributed by atoms with Crippen LogP contribution in [0.2, 0.25) is 0 Å². The van der Waals surface area contributed by atoms with Gasteiger partial charge in [0.05, 0.1) is 5.60 Å². The zero-order valence-corrected chi connectivity index (χ0v) is 8.85. The first-order chi connectivity index (χ1) is 5.77. The normalized spacial score (nSPS) is 51.6. The fraction of sp³-hybridized carbons (Fsp3) is 0.909. The van der Waals surface area contributed by atoms with Gasteiger partial charge in [-0.3, -0.25) is 4.79 Å². The number of carbonyl (C=O) groups is 1. The highest BCUT2D eigenvalue weighted by molar-refractivity contribution is 5.88. The molecule has 3 atom stereocenters. The lowest BCUT2D eigenvalue weighted by Gasteiger charge is -2.23. The Bertz CT molecular complexity index is 278. The van der Waals surface area contributed by atoms with Crippen molar-refractivity contribution < 1.29 is 9.90 Å². The minimum atomic E-state index is -0.616. The number of carbonyl (C=O) groups excluding carboxylic acids is 1. The van der Waals surface area contributed by atoms with Gasteiger partial charge in [0.1, 0.15) is 5.78 Å². The minimum Gasteiger partial charge on any atom is -0.390 e. The second-order valence-corrected chi connectivity index (χ2v) is 5.54. The maximum Gasteiger partial charge on any atom is 0.136 e. The van der Waals surface area contributed by atoms with Crippen LogP contribution in [0.5, 0.6) is 0 Å². The molecule has 0 radical (unpaired) electrons. The quantitative estimate of drug-likeness (QED) is 0.671. The second-order valence-electron chi connectivity index (χ2n) is 5.54. The van der Waals surface area contributed by atoms with Gasteiger partial charge in [-0.25, -0.2) is 0 Å². The number of ketones is 1. The molecule has 0 aromatic heterocycles. The predicted octanol–water partition coefficient (Wildman–Crippen LogP) is 1.76. The highest BCUT2D eigenvalue weighted by atomic mass is 16.3. The number of hydrogen-bond acceptors (Lipinski definition) is 2. The summed E-state index contributed by atoms with van der Waals surface area (Å²) in [6.45, 7) is 7.75. The highest BCUT2D eigenvalue weighted by Gasteiger charge is 2.81. The van der Waals surface area contributed by atoms with Crippen molar-refractivity contribution in [2.24, 2.45) is 16.7 Å². The van der Waals surface area contributed by atoms with Crippen molar-refractivity contribution in [2.45, 2.75) is 46.1 Å². The van der Waals surface area contributed by atoms with Crippen LogP contribution in [0.25, 0.3) is 0 Å². The van der Waals surface area contributed by atoms with Crippen LogP contribution in [-0.4, -0.2) is 16.5 Å². The van der Waals surface area contributed by atoms with E-state index in [1.165, 1.54) is 0 Å². The van der Waals surface area contributed by atoms with E-state index in [9.17, 15) is 9.90 Å². The molecule has 0 aromatic carbocycles. The van der Waals surface area contributed by atoms with Gasteiger partial charge in [-0.15, -0.1) is 0 Å². The SMILES string of the molecule is CC(=O)[C@]12CC[C@@](C)(O)C1C2(C)C. The average Bonchev–Trinajstić information content (AvgIpc) is 2.25. The second kappa shape index (κ2) is 2.00. The lowest BCUT2D eigenvalue weighted by Crippen LogP contribution is -2.26. The first kappa shape index (κ1) is 9.20. The van der Waals surface area contributed by atoms with Crippen LogP contribution in [0.1, 0.15) is 40.5 Å². The van der Waals surface area contributed by atoms with Crippen molar-refractivity contribution in [3.63, 3.8) is 0 Å². The Kier molecular flexibility index (Phi) is 1.42. The molecule has 0 amide bonds. The average molecular weight is 182 g/mol. The Morgan fingerprint density at radius 2 is 1.85 bits per heavy atom. The van der Waals surface area contributed by atoms with Gasteiger partial charge >= 0.3 is 0 Å². The molecule has 2 nitrogen and oxygen atoms in total. The molecule has 74 valence electrons. The van der Waals surface area contributed by atoms with Gasteiger partial charge in [0.15, 0.2) is 0 Å². The van der Waals surface area contributed by atoms with E-state index in [-0.39, 0.29) is 22.5 Å². The van der Waals surface area contributed by atoms with Gasteiger partial charge in [0, 0.05) is 11.3 Å². The van der Waals surface area contributed by atoms with Gasteiger partial charge in [-0.1, -0.05) is 13.8 Å². The van der Waals surface area contributed by atoms with Crippen LogP contribution in [0.15, 0.2) is 0 Å². The molecule has 0 aliphatic heterocycles. The third-order valence-electron chi connectivity index (χ3n) is 4.56. The third-order valence-corrected chi connectivity index (χ3v) is 4.56. The molecule has 2 heteroatoms. The number of fused-ring (bicyclic) bond motifs is 1. The van der Waals surface area contributed by atoms with Gasteiger partial charge in [-0.2, -0.15) is 0 Å². The molecule has 0 spiro atoms. The van der Waals surface area contributed by atoms with Crippen molar-refractivity contribution in [3.05, 3.63) is 0 Å². The summed E-state index contributed by atoms with van der Waals surface area (Å²) in [5, 5.41) is 10.1. The van der Waals surface area contributed by atoms with Gasteiger partial charge < -0.3 is 5.11 Å². The van der Waals surface area contributed by atoms with Gasteiger partial charge in [0.25, 0.3) is 0 Å². The maximum atomic E-state index is 11.6. The molecule has 0 saturated heterocycles.